The Morgan fingerprint density at radius 1 is 1.04 bits per heavy atom. The first-order chi connectivity index (χ1) is 12.1. The van der Waals surface area contributed by atoms with Crippen LogP contribution < -0.4 is 5.32 Å². The van der Waals surface area contributed by atoms with Gasteiger partial charge in [-0.25, -0.2) is 4.79 Å². The first kappa shape index (κ1) is 21.3. The van der Waals surface area contributed by atoms with Gasteiger partial charge in [0.05, 0.1) is 26.8 Å². The Morgan fingerprint density at radius 2 is 1.58 bits per heavy atom. The molecule has 12 heteroatoms. The number of anilines is 1. The molecule has 26 heavy (non-hydrogen) atoms. The summed E-state index contributed by atoms with van der Waals surface area (Å²) in [5.41, 5.74) is -0.794. The third kappa shape index (κ3) is 4.11. The van der Waals surface area contributed by atoms with Crippen molar-refractivity contribution < 1.29 is 19.6 Å². The van der Waals surface area contributed by atoms with E-state index in [1.54, 1.807) is 0 Å². The van der Waals surface area contributed by atoms with Crippen LogP contribution in [0.5, 0.6) is 0 Å². The number of aromatic carboxylic acids is 1. The number of rotatable bonds is 4. The van der Waals surface area contributed by atoms with Gasteiger partial charge in [-0.2, -0.15) is 0 Å². The minimum atomic E-state index is -1.35. The molecule has 2 rings (SSSR count). The van der Waals surface area contributed by atoms with Crippen molar-refractivity contribution in [3.05, 3.63) is 62.4 Å². The summed E-state index contributed by atoms with van der Waals surface area (Å²) in [6, 6.07) is 3.52. The number of nitrogens with one attached hydrogen (secondary N) is 1. The second-order valence-electron chi connectivity index (χ2n) is 4.69. The minimum Gasteiger partial charge on any atom is -0.478 e. The second-order valence-corrected chi connectivity index (χ2v) is 8.27. The molecule has 1 amide bonds. The molecule has 2 N–H and O–H groups in total. The number of nitrogens with zero attached hydrogens (tertiary/aromatic N) is 1. The Morgan fingerprint density at radius 3 is 2.08 bits per heavy atom. The Labute approximate surface area is 184 Å². The zero-order valence-corrected chi connectivity index (χ0v) is 19.2. The molecular formula is C14H5Br4ClN2O5. The van der Waals surface area contributed by atoms with E-state index in [0.29, 0.717) is 8.95 Å². The zero-order valence-electron chi connectivity index (χ0n) is 12.1. The zero-order chi connectivity index (χ0) is 19.8. The second kappa shape index (κ2) is 8.34. The fraction of sp³-hybridized carbons (Fsp3) is 0. The van der Waals surface area contributed by atoms with Gasteiger partial charge in [0, 0.05) is 30.0 Å². The normalized spacial score (nSPS) is 10.5. The number of carbonyl (C=O) groups is 2. The Bertz CT molecular complexity index is 967. The van der Waals surface area contributed by atoms with Crippen LogP contribution in [-0.2, 0) is 0 Å². The molecule has 136 valence electrons. The molecule has 0 aromatic heterocycles. The number of nitro benzene ring substituents is 1. The number of non-ortho nitro benzene ring substituents is 1. The highest BCUT2D eigenvalue weighted by Crippen LogP contribution is 2.42. The minimum absolute atomic E-state index is 0.0238. The predicted octanol–water partition coefficient (Wildman–Crippen LogP) is 6.25. The van der Waals surface area contributed by atoms with Crippen molar-refractivity contribution in [2.24, 2.45) is 0 Å². The summed E-state index contributed by atoms with van der Waals surface area (Å²) in [6.07, 6.45) is 0. The number of halogens is 5. The highest BCUT2D eigenvalue weighted by Gasteiger charge is 2.28. The largest absolute Gasteiger partial charge is 0.478 e. The number of amides is 1. The molecule has 0 saturated heterocycles. The third-order valence-corrected chi connectivity index (χ3v) is 8.21. The van der Waals surface area contributed by atoms with Gasteiger partial charge in [0.1, 0.15) is 0 Å². The van der Waals surface area contributed by atoms with Crippen molar-refractivity contribution in [2.75, 3.05) is 5.32 Å². The molecule has 0 unspecified atom stereocenters. The lowest BCUT2D eigenvalue weighted by Crippen LogP contribution is -2.18. The van der Waals surface area contributed by atoms with Gasteiger partial charge in [-0.1, -0.05) is 11.6 Å². The van der Waals surface area contributed by atoms with E-state index in [1.807, 2.05) is 0 Å². The van der Waals surface area contributed by atoms with Crippen molar-refractivity contribution >= 4 is 98.6 Å². The van der Waals surface area contributed by atoms with Gasteiger partial charge in [0.25, 0.3) is 11.6 Å². The monoisotopic (exact) mass is 632 g/mol. The quantitative estimate of drug-likeness (QED) is 0.179. The van der Waals surface area contributed by atoms with Crippen molar-refractivity contribution in [3.63, 3.8) is 0 Å². The van der Waals surface area contributed by atoms with Crippen LogP contribution in [0.1, 0.15) is 20.7 Å². The summed E-state index contributed by atoms with van der Waals surface area (Å²) in [5, 5.41) is 22.9. The van der Waals surface area contributed by atoms with E-state index >= 15 is 0 Å². The van der Waals surface area contributed by atoms with E-state index < -0.39 is 16.8 Å². The van der Waals surface area contributed by atoms with Crippen LogP contribution in [0.2, 0.25) is 5.02 Å². The van der Waals surface area contributed by atoms with E-state index in [4.69, 9.17) is 11.6 Å². The SMILES string of the molecule is O=C(O)c1c(Br)c(Br)c(Br)c(Br)c1C(=O)Nc1cc([N+](=O)[O-])ccc1Cl. The average molecular weight is 636 g/mol. The van der Waals surface area contributed by atoms with E-state index in [1.165, 1.54) is 12.1 Å². The molecule has 0 aliphatic rings. The lowest BCUT2D eigenvalue weighted by atomic mass is 10.1. The first-order valence-corrected chi connectivity index (χ1v) is 9.95. The highest BCUT2D eigenvalue weighted by molar-refractivity contribution is 9.15. The summed E-state index contributed by atoms with van der Waals surface area (Å²) in [7, 11) is 0. The van der Waals surface area contributed by atoms with Crippen molar-refractivity contribution in [3.8, 4) is 0 Å². The van der Waals surface area contributed by atoms with Crippen molar-refractivity contribution in [1.82, 2.24) is 0 Å². The molecule has 0 heterocycles. The van der Waals surface area contributed by atoms with Gasteiger partial charge >= 0.3 is 5.97 Å². The predicted molar refractivity (Wildman–Crippen MR) is 110 cm³/mol. The van der Waals surface area contributed by atoms with Crippen LogP contribution >= 0.6 is 75.3 Å². The van der Waals surface area contributed by atoms with Gasteiger partial charge < -0.3 is 10.4 Å². The number of hydrogen-bond donors (Lipinski definition) is 2. The van der Waals surface area contributed by atoms with Gasteiger partial charge in [0.2, 0.25) is 0 Å². The highest BCUT2D eigenvalue weighted by atomic mass is 79.9. The van der Waals surface area contributed by atoms with Crippen LogP contribution in [0, 0.1) is 10.1 Å². The molecular weight excluding hydrogens is 631 g/mol. The molecule has 2 aromatic carbocycles. The van der Waals surface area contributed by atoms with E-state index in [-0.39, 0.29) is 36.5 Å². The van der Waals surface area contributed by atoms with Crippen molar-refractivity contribution in [1.29, 1.82) is 0 Å². The maximum atomic E-state index is 12.7. The van der Waals surface area contributed by atoms with Crippen LogP contribution in [-0.4, -0.2) is 21.9 Å². The third-order valence-electron chi connectivity index (χ3n) is 3.12. The average Bonchev–Trinajstić information content (AvgIpc) is 2.57. The van der Waals surface area contributed by atoms with E-state index in [2.05, 4.69) is 69.0 Å². The van der Waals surface area contributed by atoms with Crippen LogP contribution in [0.4, 0.5) is 11.4 Å². The van der Waals surface area contributed by atoms with Crippen LogP contribution in [0.15, 0.2) is 36.1 Å². The number of nitro groups is 1. The van der Waals surface area contributed by atoms with Gasteiger partial charge in [-0.3, -0.25) is 14.9 Å². The molecule has 0 spiro atoms. The van der Waals surface area contributed by atoms with Gasteiger partial charge in [0.15, 0.2) is 0 Å². The topological polar surface area (TPSA) is 110 Å². The van der Waals surface area contributed by atoms with Gasteiger partial charge in [-0.15, -0.1) is 0 Å². The maximum Gasteiger partial charge on any atom is 0.337 e. The Hall–Kier alpha value is -1.01. The molecule has 0 radical (unpaired) electrons. The molecule has 7 nitrogen and oxygen atoms in total. The fourth-order valence-corrected chi connectivity index (χ4v) is 4.59. The molecule has 0 saturated carbocycles. The first-order valence-electron chi connectivity index (χ1n) is 6.40. The molecule has 0 fully saturated rings. The fourth-order valence-electron chi connectivity index (χ4n) is 1.95. The van der Waals surface area contributed by atoms with E-state index in [9.17, 15) is 24.8 Å². The van der Waals surface area contributed by atoms with Crippen LogP contribution in [0.25, 0.3) is 0 Å². The van der Waals surface area contributed by atoms with E-state index in [0.717, 1.165) is 6.07 Å². The summed E-state index contributed by atoms with van der Waals surface area (Å²) in [4.78, 5) is 34.6. The lowest BCUT2D eigenvalue weighted by molar-refractivity contribution is -0.384. The molecule has 0 aliphatic carbocycles. The lowest BCUT2D eigenvalue weighted by Gasteiger charge is -2.15. The summed E-state index contributed by atoms with van der Waals surface area (Å²) in [6.45, 7) is 0. The number of carboxylic acids is 1. The van der Waals surface area contributed by atoms with Gasteiger partial charge in [-0.05, 0) is 69.8 Å². The smallest absolute Gasteiger partial charge is 0.337 e. The number of carboxylic acid groups (broad SMARTS) is 1. The molecule has 2 aromatic rings. The molecule has 0 aliphatic heterocycles. The molecule has 0 atom stereocenters. The summed E-state index contributed by atoms with van der Waals surface area (Å²) >= 11 is 18.8. The van der Waals surface area contributed by atoms with Crippen LogP contribution in [0.3, 0.4) is 0 Å². The Kier molecular flexibility index (Phi) is 6.83. The Balaban J connectivity index is 2.60. The number of carbonyl (C=O) groups excluding carboxylic acids is 1. The molecule has 0 bridgehead atoms. The maximum absolute atomic E-state index is 12.7. The summed E-state index contributed by atoms with van der Waals surface area (Å²) < 4.78 is 1.13. The summed E-state index contributed by atoms with van der Waals surface area (Å²) in [5.74, 6) is -2.16. The number of hydrogen-bond acceptors (Lipinski definition) is 4. The van der Waals surface area contributed by atoms with Crippen molar-refractivity contribution in [2.45, 2.75) is 0 Å². The number of benzene rings is 2. The standard InChI is InChI=1S/C14H5Br4ClN2O5/c15-9-7(8(14(23)24)10(16)12(18)11(9)17)13(22)20-6-3-4(21(25)26)1-2-5(6)19/h1-3H,(H,20,22)(H,23,24).